The van der Waals surface area contributed by atoms with E-state index >= 15 is 0 Å². The first-order valence-electron chi connectivity index (χ1n) is 10.4. The molecule has 1 aliphatic heterocycles. The molecule has 2 amide bonds. The van der Waals surface area contributed by atoms with Gasteiger partial charge in [0, 0.05) is 30.8 Å². The first-order valence-corrected chi connectivity index (χ1v) is 10.4. The van der Waals surface area contributed by atoms with Gasteiger partial charge in [-0.3, -0.25) is 14.4 Å². The molecular formula is C22H30N2O4. The number of anilines is 1. The van der Waals surface area contributed by atoms with Gasteiger partial charge in [0.1, 0.15) is 0 Å². The van der Waals surface area contributed by atoms with Gasteiger partial charge in [0.25, 0.3) is 5.91 Å². The molecule has 3 rings (SSSR count). The fourth-order valence-corrected chi connectivity index (χ4v) is 4.39. The van der Waals surface area contributed by atoms with E-state index in [1.807, 2.05) is 4.90 Å². The van der Waals surface area contributed by atoms with Crippen LogP contribution in [0.5, 0.6) is 0 Å². The van der Waals surface area contributed by atoms with Gasteiger partial charge < -0.3 is 15.3 Å². The Kier molecular flexibility index (Phi) is 6.70. The van der Waals surface area contributed by atoms with Crippen molar-refractivity contribution in [3.8, 4) is 0 Å². The van der Waals surface area contributed by atoms with Gasteiger partial charge in [-0.25, -0.2) is 0 Å². The maximum atomic E-state index is 12.7. The van der Waals surface area contributed by atoms with E-state index in [-0.39, 0.29) is 18.2 Å². The SMILES string of the molecule is O=C(CC1(C(=O)O)CCCCCC1)Nc1cccc(C(=O)N2CCCCC2)c1. The first kappa shape index (κ1) is 20.4. The third-order valence-electron chi connectivity index (χ3n) is 6.05. The molecule has 1 heterocycles. The predicted molar refractivity (Wildman–Crippen MR) is 107 cm³/mol. The van der Waals surface area contributed by atoms with Crippen LogP contribution in [0.15, 0.2) is 24.3 Å². The van der Waals surface area contributed by atoms with Crippen LogP contribution in [0, 0.1) is 5.41 Å². The molecule has 6 nitrogen and oxygen atoms in total. The summed E-state index contributed by atoms with van der Waals surface area (Å²) in [6.45, 7) is 1.55. The summed E-state index contributed by atoms with van der Waals surface area (Å²) in [7, 11) is 0. The largest absolute Gasteiger partial charge is 0.481 e. The highest BCUT2D eigenvalue weighted by Crippen LogP contribution is 2.38. The highest BCUT2D eigenvalue weighted by Gasteiger charge is 2.40. The molecule has 0 aromatic heterocycles. The van der Waals surface area contributed by atoms with Crippen LogP contribution in [0.3, 0.4) is 0 Å². The van der Waals surface area contributed by atoms with E-state index in [0.717, 1.165) is 58.0 Å². The minimum absolute atomic E-state index is 0.0124. The lowest BCUT2D eigenvalue weighted by Crippen LogP contribution is -2.36. The molecule has 2 N–H and O–H groups in total. The number of carboxylic acids is 1. The molecule has 0 radical (unpaired) electrons. The topological polar surface area (TPSA) is 86.7 Å². The average Bonchev–Trinajstić information content (AvgIpc) is 2.94. The Hall–Kier alpha value is -2.37. The number of piperidine rings is 1. The van der Waals surface area contributed by atoms with Gasteiger partial charge in [-0.1, -0.05) is 31.7 Å². The summed E-state index contributed by atoms with van der Waals surface area (Å²) in [6, 6.07) is 6.95. The summed E-state index contributed by atoms with van der Waals surface area (Å²) in [4.78, 5) is 39.0. The van der Waals surface area contributed by atoms with E-state index in [9.17, 15) is 19.5 Å². The monoisotopic (exact) mass is 386 g/mol. The lowest BCUT2D eigenvalue weighted by atomic mass is 9.77. The Bertz CT molecular complexity index is 717. The van der Waals surface area contributed by atoms with Crippen LogP contribution < -0.4 is 5.32 Å². The zero-order chi connectivity index (χ0) is 20.0. The van der Waals surface area contributed by atoms with E-state index in [2.05, 4.69) is 5.32 Å². The summed E-state index contributed by atoms with van der Waals surface area (Å²) in [6.07, 6.45) is 8.02. The molecule has 2 fully saturated rings. The number of carbonyl (C=O) groups excluding carboxylic acids is 2. The Morgan fingerprint density at radius 1 is 0.964 bits per heavy atom. The van der Waals surface area contributed by atoms with Crippen LogP contribution in [0.25, 0.3) is 0 Å². The number of hydrogen-bond acceptors (Lipinski definition) is 3. The highest BCUT2D eigenvalue weighted by molar-refractivity contribution is 5.98. The number of amides is 2. The van der Waals surface area contributed by atoms with Crippen molar-refractivity contribution in [1.82, 2.24) is 4.90 Å². The van der Waals surface area contributed by atoms with Crippen molar-refractivity contribution >= 4 is 23.5 Å². The molecule has 1 aliphatic carbocycles. The van der Waals surface area contributed by atoms with Gasteiger partial charge in [-0.15, -0.1) is 0 Å². The van der Waals surface area contributed by atoms with Crippen molar-refractivity contribution in [2.75, 3.05) is 18.4 Å². The number of hydrogen-bond donors (Lipinski definition) is 2. The highest BCUT2D eigenvalue weighted by atomic mass is 16.4. The summed E-state index contributed by atoms with van der Waals surface area (Å²) in [5.74, 6) is -1.19. The van der Waals surface area contributed by atoms with Gasteiger partial charge >= 0.3 is 5.97 Å². The van der Waals surface area contributed by atoms with Crippen molar-refractivity contribution in [2.24, 2.45) is 5.41 Å². The zero-order valence-corrected chi connectivity index (χ0v) is 16.4. The number of benzene rings is 1. The minimum Gasteiger partial charge on any atom is -0.481 e. The van der Waals surface area contributed by atoms with Crippen molar-refractivity contribution in [3.05, 3.63) is 29.8 Å². The van der Waals surface area contributed by atoms with Gasteiger partial charge in [0.15, 0.2) is 0 Å². The van der Waals surface area contributed by atoms with E-state index in [0.29, 0.717) is 24.1 Å². The Morgan fingerprint density at radius 2 is 1.61 bits per heavy atom. The Balaban J connectivity index is 1.66. The lowest BCUT2D eigenvalue weighted by molar-refractivity contribution is -0.152. The van der Waals surface area contributed by atoms with Crippen LogP contribution in [0.1, 0.15) is 74.6 Å². The molecule has 0 bridgehead atoms. The van der Waals surface area contributed by atoms with Crippen molar-refractivity contribution in [1.29, 1.82) is 0 Å². The molecule has 0 unspecified atom stereocenters. The minimum atomic E-state index is -0.970. The average molecular weight is 386 g/mol. The maximum absolute atomic E-state index is 12.7. The fraction of sp³-hybridized carbons (Fsp3) is 0.591. The molecule has 0 atom stereocenters. The number of likely N-dealkylation sites (tertiary alicyclic amines) is 1. The Labute approximate surface area is 166 Å². The summed E-state index contributed by atoms with van der Waals surface area (Å²) < 4.78 is 0. The molecular weight excluding hydrogens is 356 g/mol. The van der Waals surface area contributed by atoms with E-state index in [1.54, 1.807) is 24.3 Å². The molecule has 1 aromatic carbocycles. The third kappa shape index (κ3) is 4.91. The summed E-state index contributed by atoms with van der Waals surface area (Å²) in [5.41, 5.74) is 0.131. The number of carboxylic acid groups (broad SMARTS) is 1. The van der Waals surface area contributed by atoms with Crippen molar-refractivity contribution < 1.29 is 19.5 Å². The van der Waals surface area contributed by atoms with Gasteiger partial charge in [-0.2, -0.15) is 0 Å². The van der Waals surface area contributed by atoms with Crippen LogP contribution >= 0.6 is 0 Å². The molecule has 28 heavy (non-hydrogen) atoms. The van der Waals surface area contributed by atoms with Crippen LogP contribution in [-0.4, -0.2) is 40.9 Å². The predicted octanol–water partition coefficient (Wildman–Crippen LogP) is 4.07. The standard InChI is InChI=1S/C22H30N2O4/c25-19(16-22(21(27)28)11-4-1-2-5-12-22)23-18-10-8-9-17(15-18)20(26)24-13-6-3-7-14-24/h8-10,15H,1-7,11-14,16H2,(H,23,25)(H,27,28). The number of nitrogens with zero attached hydrogens (tertiary/aromatic N) is 1. The van der Waals surface area contributed by atoms with Gasteiger partial charge in [0.05, 0.1) is 5.41 Å². The molecule has 1 aromatic rings. The molecule has 152 valence electrons. The second-order valence-corrected chi connectivity index (χ2v) is 8.16. The van der Waals surface area contributed by atoms with E-state index < -0.39 is 11.4 Å². The lowest BCUT2D eigenvalue weighted by Gasteiger charge is -2.27. The number of aliphatic carboxylic acids is 1. The van der Waals surface area contributed by atoms with Crippen molar-refractivity contribution in [2.45, 2.75) is 64.2 Å². The van der Waals surface area contributed by atoms with Gasteiger partial charge in [-0.05, 0) is 50.3 Å². The normalized spacial score (nSPS) is 19.5. The number of carbonyl (C=O) groups is 3. The molecule has 1 saturated heterocycles. The molecule has 6 heteroatoms. The number of nitrogens with one attached hydrogen (secondary N) is 1. The Morgan fingerprint density at radius 3 is 2.25 bits per heavy atom. The molecule has 2 aliphatic rings. The zero-order valence-electron chi connectivity index (χ0n) is 16.4. The van der Waals surface area contributed by atoms with E-state index in [4.69, 9.17) is 0 Å². The number of rotatable bonds is 5. The van der Waals surface area contributed by atoms with Crippen LogP contribution in [0.2, 0.25) is 0 Å². The molecule has 0 spiro atoms. The maximum Gasteiger partial charge on any atom is 0.310 e. The smallest absolute Gasteiger partial charge is 0.310 e. The van der Waals surface area contributed by atoms with E-state index in [1.165, 1.54) is 0 Å². The molecule has 1 saturated carbocycles. The fourth-order valence-electron chi connectivity index (χ4n) is 4.39. The summed E-state index contributed by atoms with van der Waals surface area (Å²) in [5, 5.41) is 12.6. The quantitative estimate of drug-likeness (QED) is 0.747. The van der Waals surface area contributed by atoms with Gasteiger partial charge in [0.2, 0.25) is 5.91 Å². The summed E-state index contributed by atoms with van der Waals surface area (Å²) >= 11 is 0. The second kappa shape index (κ2) is 9.22. The van der Waals surface area contributed by atoms with Crippen molar-refractivity contribution in [3.63, 3.8) is 0 Å². The van der Waals surface area contributed by atoms with Crippen LogP contribution in [0.4, 0.5) is 5.69 Å². The third-order valence-corrected chi connectivity index (χ3v) is 6.05. The second-order valence-electron chi connectivity index (χ2n) is 8.16. The first-order chi connectivity index (χ1) is 13.5. The van der Waals surface area contributed by atoms with Crippen LogP contribution in [-0.2, 0) is 9.59 Å².